The summed E-state index contributed by atoms with van der Waals surface area (Å²) in [5.74, 6) is -1.99. The van der Waals surface area contributed by atoms with Crippen LogP contribution in [0, 0.1) is 12.8 Å². The molecule has 3 rings (SSSR count). The number of hydrogen-bond donors (Lipinski definition) is 2. The van der Waals surface area contributed by atoms with Gasteiger partial charge < -0.3 is 10.4 Å². The first-order valence-corrected chi connectivity index (χ1v) is 10.2. The number of nitrogens with one attached hydrogen (secondary N) is 1. The van der Waals surface area contributed by atoms with E-state index in [1.807, 2.05) is 48.7 Å². The lowest BCUT2D eigenvalue weighted by molar-refractivity contribution is -0.139. The van der Waals surface area contributed by atoms with Gasteiger partial charge in [0.25, 0.3) is 5.91 Å². The molecule has 2 aromatic carbocycles. The predicted molar refractivity (Wildman–Crippen MR) is 114 cm³/mol. The van der Waals surface area contributed by atoms with Crippen molar-refractivity contribution in [1.29, 1.82) is 0 Å². The van der Waals surface area contributed by atoms with Crippen molar-refractivity contribution in [3.8, 4) is 0 Å². The van der Waals surface area contributed by atoms with Crippen LogP contribution < -0.4 is 5.32 Å². The topological polar surface area (TPSA) is 66.4 Å². The van der Waals surface area contributed by atoms with Gasteiger partial charge in [-0.15, -0.1) is 11.8 Å². The van der Waals surface area contributed by atoms with E-state index in [0.29, 0.717) is 5.56 Å². The Hall–Kier alpha value is -2.53. The number of aryl methyl sites for hydroxylation is 1. The summed E-state index contributed by atoms with van der Waals surface area (Å²) < 4.78 is 0. The summed E-state index contributed by atoms with van der Waals surface area (Å²) in [6, 6.07) is 15.2. The van der Waals surface area contributed by atoms with Crippen LogP contribution in [0.4, 0.5) is 0 Å². The minimum Gasteiger partial charge on any atom is -0.481 e. The third kappa shape index (κ3) is 4.30. The van der Waals surface area contributed by atoms with E-state index in [9.17, 15) is 14.7 Å². The molecule has 2 unspecified atom stereocenters. The van der Waals surface area contributed by atoms with E-state index in [2.05, 4.69) is 26.1 Å². The standard InChI is InChI=1S/C23H25NO3S/c1-14-5-7-15(8-6-14)18-13-28-21(19(18)22(26)27)24-20(25)16-9-11-17(12-10-16)23(2,3)4/h5-13,19,21H,1-4H3,(H,24,25)(H,26,27). The highest BCUT2D eigenvalue weighted by molar-refractivity contribution is 8.03. The van der Waals surface area contributed by atoms with Gasteiger partial charge in [-0.1, -0.05) is 62.7 Å². The molecule has 28 heavy (non-hydrogen) atoms. The van der Waals surface area contributed by atoms with Gasteiger partial charge in [-0.2, -0.15) is 0 Å². The molecular weight excluding hydrogens is 370 g/mol. The van der Waals surface area contributed by atoms with Gasteiger partial charge in [0, 0.05) is 5.56 Å². The maximum Gasteiger partial charge on any atom is 0.314 e. The molecule has 0 saturated carbocycles. The van der Waals surface area contributed by atoms with Crippen LogP contribution in [0.3, 0.4) is 0 Å². The quantitative estimate of drug-likeness (QED) is 0.778. The molecule has 1 aliphatic heterocycles. The van der Waals surface area contributed by atoms with Gasteiger partial charge in [0.1, 0.15) is 5.92 Å². The van der Waals surface area contributed by atoms with E-state index >= 15 is 0 Å². The molecule has 146 valence electrons. The van der Waals surface area contributed by atoms with Gasteiger partial charge >= 0.3 is 5.97 Å². The lowest BCUT2D eigenvalue weighted by Gasteiger charge is -2.21. The van der Waals surface area contributed by atoms with Crippen LogP contribution in [0.5, 0.6) is 0 Å². The maximum absolute atomic E-state index is 12.7. The molecule has 0 aliphatic carbocycles. The van der Waals surface area contributed by atoms with Crippen molar-refractivity contribution in [1.82, 2.24) is 5.32 Å². The molecule has 0 bridgehead atoms. The van der Waals surface area contributed by atoms with E-state index in [4.69, 9.17) is 0 Å². The first-order valence-electron chi connectivity index (χ1n) is 9.23. The Kier molecular flexibility index (Phi) is 5.66. The van der Waals surface area contributed by atoms with Gasteiger partial charge in [-0.3, -0.25) is 9.59 Å². The smallest absolute Gasteiger partial charge is 0.314 e. The summed E-state index contributed by atoms with van der Waals surface area (Å²) in [6.07, 6.45) is 0. The molecule has 1 amide bonds. The minimum atomic E-state index is -0.940. The zero-order valence-electron chi connectivity index (χ0n) is 16.5. The van der Waals surface area contributed by atoms with Gasteiger partial charge in [-0.05, 0) is 46.6 Å². The lowest BCUT2D eigenvalue weighted by Crippen LogP contribution is -2.39. The molecule has 0 spiro atoms. The Labute approximate surface area is 170 Å². The average Bonchev–Trinajstić information content (AvgIpc) is 3.05. The van der Waals surface area contributed by atoms with Gasteiger partial charge in [0.05, 0.1) is 5.37 Å². The van der Waals surface area contributed by atoms with Crippen molar-refractivity contribution in [2.45, 2.75) is 38.5 Å². The lowest BCUT2D eigenvalue weighted by atomic mass is 9.86. The number of thioether (sulfide) groups is 1. The van der Waals surface area contributed by atoms with Crippen molar-refractivity contribution < 1.29 is 14.7 Å². The van der Waals surface area contributed by atoms with Gasteiger partial charge in [0.15, 0.2) is 0 Å². The van der Waals surface area contributed by atoms with Crippen molar-refractivity contribution in [2.24, 2.45) is 5.92 Å². The first kappa shape index (κ1) is 20.2. The summed E-state index contributed by atoms with van der Waals surface area (Å²) in [4.78, 5) is 24.6. The molecule has 2 aromatic rings. The Bertz CT molecular complexity index is 908. The number of hydrogen-bond acceptors (Lipinski definition) is 3. The molecular formula is C23H25NO3S. The highest BCUT2D eigenvalue weighted by Crippen LogP contribution is 2.40. The van der Waals surface area contributed by atoms with Crippen LogP contribution >= 0.6 is 11.8 Å². The number of aliphatic carboxylic acids is 1. The van der Waals surface area contributed by atoms with Crippen LogP contribution in [0.2, 0.25) is 0 Å². The summed E-state index contributed by atoms with van der Waals surface area (Å²) in [5.41, 5.74) is 4.40. The third-order valence-corrected chi connectivity index (χ3v) is 5.99. The number of carbonyl (C=O) groups excluding carboxylic acids is 1. The number of carbonyl (C=O) groups is 2. The Morgan fingerprint density at radius 1 is 1.00 bits per heavy atom. The van der Waals surface area contributed by atoms with E-state index in [-0.39, 0.29) is 11.3 Å². The van der Waals surface area contributed by atoms with Crippen LogP contribution in [-0.2, 0) is 10.2 Å². The molecule has 2 atom stereocenters. The monoisotopic (exact) mass is 395 g/mol. The minimum absolute atomic E-state index is 0.0115. The Morgan fingerprint density at radius 2 is 1.61 bits per heavy atom. The van der Waals surface area contributed by atoms with Crippen molar-refractivity contribution in [3.63, 3.8) is 0 Å². The van der Waals surface area contributed by atoms with Crippen LogP contribution in [0.1, 0.15) is 47.8 Å². The molecule has 2 N–H and O–H groups in total. The largest absolute Gasteiger partial charge is 0.481 e. The normalized spacial score (nSPS) is 19.2. The number of carboxylic acid groups (broad SMARTS) is 1. The fourth-order valence-electron chi connectivity index (χ4n) is 3.17. The number of rotatable bonds is 4. The molecule has 0 fully saturated rings. The molecule has 1 aliphatic rings. The summed E-state index contributed by atoms with van der Waals surface area (Å²) in [5, 5.41) is 14.0. The SMILES string of the molecule is Cc1ccc(C2=CSC(NC(=O)c3ccc(C(C)(C)C)cc3)C2C(=O)O)cc1. The molecule has 0 radical (unpaired) electrons. The van der Waals surface area contributed by atoms with Crippen LogP contribution in [0.15, 0.2) is 53.9 Å². The van der Waals surface area contributed by atoms with E-state index in [1.54, 1.807) is 12.1 Å². The van der Waals surface area contributed by atoms with Gasteiger partial charge in [-0.25, -0.2) is 0 Å². The predicted octanol–water partition coefficient (Wildman–Crippen LogP) is 4.84. The highest BCUT2D eigenvalue weighted by atomic mass is 32.2. The maximum atomic E-state index is 12.7. The summed E-state index contributed by atoms with van der Waals surface area (Å²) in [7, 11) is 0. The number of benzene rings is 2. The van der Waals surface area contributed by atoms with Crippen molar-refractivity contribution in [3.05, 3.63) is 76.2 Å². The zero-order chi connectivity index (χ0) is 20.5. The Balaban J connectivity index is 1.76. The highest BCUT2D eigenvalue weighted by Gasteiger charge is 2.38. The Morgan fingerprint density at radius 3 is 2.14 bits per heavy atom. The number of amides is 1. The van der Waals surface area contributed by atoms with E-state index in [1.165, 1.54) is 11.8 Å². The van der Waals surface area contributed by atoms with E-state index < -0.39 is 17.3 Å². The van der Waals surface area contributed by atoms with Crippen LogP contribution in [0.25, 0.3) is 5.57 Å². The van der Waals surface area contributed by atoms with Crippen molar-refractivity contribution >= 4 is 29.2 Å². The second-order valence-electron chi connectivity index (χ2n) is 8.11. The summed E-state index contributed by atoms with van der Waals surface area (Å²) >= 11 is 1.34. The zero-order valence-corrected chi connectivity index (χ0v) is 17.3. The average molecular weight is 396 g/mol. The molecule has 4 nitrogen and oxygen atoms in total. The molecule has 5 heteroatoms. The fourth-order valence-corrected chi connectivity index (χ4v) is 4.34. The van der Waals surface area contributed by atoms with E-state index in [0.717, 1.165) is 22.3 Å². The second kappa shape index (κ2) is 7.84. The molecule has 0 aromatic heterocycles. The number of carboxylic acids is 1. The summed E-state index contributed by atoms with van der Waals surface area (Å²) in [6.45, 7) is 8.34. The van der Waals surface area contributed by atoms with Crippen LogP contribution in [-0.4, -0.2) is 22.4 Å². The first-order chi connectivity index (χ1) is 13.2. The second-order valence-corrected chi connectivity index (χ2v) is 9.13. The molecule has 1 heterocycles. The fraction of sp³-hybridized carbons (Fsp3) is 0.304. The third-order valence-electron chi connectivity index (χ3n) is 4.92. The van der Waals surface area contributed by atoms with Crippen molar-refractivity contribution in [2.75, 3.05) is 0 Å². The molecule has 0 saturated heterocycles. The van der Waals surface area contributed by atoms with Gasteiger partial charge in [0.2, 0.25) is 0 Å².